The molecular weight excluding hydrogens is 445 g/mol. The van der Waals surface area contributed by atoms with Crippen LogP contribution >= 0.6 is 0 Å². The highest BCUT2D eigenvalue weighted by molar-refractivity contribution is 6.47. The molecule has 0 amide bonds. The molecule has 2 atom stereocenters. The van der Waals surface area contributed by atoms with Crippen molar-refractivity contribution in [1.82, 2.24) is 4.90 Å². The van der Waals surface area contributed by atoms with Crippen LogP contribution in [0, 0.1) is 0 Å². The van der Waals surface area contributed by atoms with E-state index in [1.165, 1.54) is 16.7 Å². The summed E-state index contributed by atoms with van der Waals surface area (Å²) in [5.74, 6) is 0.978. The fraction of sp³-hybridized carbons (Fsp3) is 0.419. The van der Waals surface area contributed by atoms with Crippen molar-refractivity contribution in [3.8, 4) is 5.75 Å². The van der Waals surface area contributed by atoms with Gasteiger partial charge in [-0.15, -0.1) is 0 Å². The molecule has 0 spiro atoms. The molecule has 4 rings (SSSR count). The Morgan fingerprint density at radius 1 is 0.778 bits per heavy atom. The highest BCUT2D eigenvalue weighted by atomic mass is 16.7. The SMILES string of the molecule is CC[C@@H](B1OC(C)(C)C(C)(C)O1)[C@@H](c1cccc(OC)c1)N(Cc1ccccc1)Cc1ccccc1. The molecule has 1 aliphatic heterocycles. The standard InChI is InChI=1S/C31H40BNO3/c1-7-28(32-35-30(2,3)31(4,5)36-32)29(26-19-14-20-27(21-26)34-6)33(22-24-15-10-8-11-16-24)23-25-17-12-9-13-18-25/h8-21,28-29H,7,22-23H2,1-6H3/t28-,29-/m1/s1. The molecule has 0 radical (unpaired) electrons. The molecule has 4 nitrogen and oxygen atoms in total. The fourth-order valence-corrected chi connectivity index (χ4v) is 5.07. The van der Waals surface area contributed by atoms with E-state index in [0.717, 1.165) is 25.3 Å². The summed E-state index contributed by atoms with van der Waals surface area (Å²) < 4.78 is 18.9. The molecule has 5 heteroatoms. The van der Waals surface area contributed by atoms with Crippen LogP contribution in [0.5, 0.6) is 5.75 Å². The van der Waals surface area contributed by atoms with Gasteiger partial charge < -0.3 is 14.0 Å². The Bertz CT molecular complexity index is 1050. The van der Waals surface area contributed by atoms with E-state index in [1.54, 1.807) is 7.11 Å². The molecule has 1 aliphatic rings. The monoisotopic (exact) mass is 485 g/mol. The van der Waals surface area contributed by atoms with Crippen molar-refractivity contribution in [2.24, 2.45) is 0 Å². The normalized spacial score (nSPS) is 18.2. The summed E-state index contributed by atoms with van der Waals surface area (Å²) in [6.07, 6.45) is 0.915. The molecule has 36 heavy (non-hydrogen) atoms. The molecule has 3 aromatic carbocycles. The van der Waals surface area contributed by atoms with Gasteiger partial charge in [-0.05, 0) is 56.5 Å². The highest BCUT2D eigenvalue weighted by Gasteiger charge is 2.55. The van der Waals surface area contributed by atoms with Gasteiger partial charge in [0.1, 0.15) is 5.75 Å². The van der Waals surface area contributed by atoms with Gasteiger partial charge in [0, 0.05) is 24.9 Å². The molecule has 190 valence electrons. The van der Waals surface area contributed by atoms with Crippen molar-refractivity contribution in [3.63, 3.8) is 0 Å². The lowest BCUT2D eigenvalue weighted by atomic mass is 9.64. The topological polar surface area (TPSA) is 30.9 Å². The highest BCUT2D eigenvalue weighted by Crippen LogP contribution is 2.47. The molecule has 0 unspecified atom stereocenters. The van der Waals surface area contributed by atoms with E-state index in [1.807, 2.05) is 6.07 Å². The quantitative estimate of drug-likeness (QED) is 0.282. The summed E-state index contributed by atoms with van der Waals surface area (Å²) in [6.45, 7) is 12.4. The van der Waals surface area contributed by atoms with Crippen molar-refractivity contribution in [2.45, 2.75) is 77.2 Å². The van der Waals surface area contributed by atoms with Crippen LogP contribution in [-0.4, -0.2) is 30.3 Å². The van der Waals surface area contributed by atoms with Crippen molar-refractivity contribution in [1.29, 1.82) is 0 Å². The molecule has 0 aliphatic carbocycles. The minimum absolute atomic E-state index is 0.0558. The Kier molecular flexibility index (Phi) is 8.24. The van der Waals surface area contributed by atoms with Gasteiger partial charge in [0.2, 0.25) is 0 Å². The summed E-state index contributed by atoms with van der Waals surface area (Å²) in [7, 11) is 1.41. The van der Waals surface area contributed by atoms with Gasteiger partial charge in [-0.1, -0.05) is 86.1 Å². The summed E-state index contributed by atoms with van der Waals surface area (Å²) in [4.78, 5) is 2.57. The van der Waals surface area contributed by atoms with Crippen LogP contribution in [0.4, 0.5) is 0 Å². The largest absolute Gasteiger partial charge is 0.497 e. The number of methoxy groups -OCH3 is 1. The van der Waals surface area contributed by atoms with E-state index in [2.05, 4.69) is 118 Å². The van der Waals surface area contributed by atoms with E-state index in [9.17, 15) is 0 Å². The molecule has 0 aromatic heterocycles. The van der Waals surface area contributed by atoms with E-state index >= 15 is 0 Å². The van der Waals surface area contributed by atoms with Crippen LogP contribution < -0.4 is 4.74 Å². The van der Waals surface area contributed by atoms with Crippen molar-refractivity contribution >= 4 is 7.12 Å². The number of benzene rings is 3. The number of ether oxygens (including phenoxy) is 1. The molecule has 1 fully saturated rings. The third-order valence-electron chi connectivity index (χ3n) is 7.78. The van der Waals surface area contributed by atoms with E-state index in [0.29, 0.717) is 0 Å². The summed E-state index contributed by atoms with van der Waals surface area (Å²) in [6, 6.07) is 29.9. The molecule has 0 bridgehead atoms. The van der Waals surface area contributed by atoms with Gasteiger partial charge in [0.15, 0.2) is 0 Å². The number of rotatable bonds is 10. The Balaban J connectivity index is 1.80. The third-order valence-corrected chi connectivity index (χ3v) is 7.78. The third kappa shape index (κ3) is 5.86. The summed E-state index contributed by atoms with van der Waals surface area (Å²) in [5, 5.41) is 0. The fourth-order valence-electron chi connectivity index (χ4n) is 5.07. The summed E-state index contributed by atoms with van der Waals surface area (Å²) >= 11 is 0. The number of hydrogen-bond donors (Lipinski definition) is 0. The van der Waals surface area contributed by atoms with Crippen LogP contribution in [0.1, 0.15) is 63.8 Å². The lowest BCUT2D eigenvalue weighted by Gasteiger charge is -2.38. The molecule has 0 N–H and O–H groups in total. The first-order valence-electron chi connectivity index (χ1n) is 13.1. The minimum atomic E-state index is -0.381. The minimum Gasteiger partial charge on any atom is -0.497 e. The van der Waals surface area contributed by atoms with Gasteiger partial charge in [-0.25, -0.2) is 0 Å². The lowest BCUT2D eigenvalue weighted by molar-refractivity contribution is 0.00578. The van der Waals surface area contributed by atoms with Gasteiger partial charge in [0.25, 0.3) is 0 Å². The second-order valence-electron chi connectivity index (χ2n) is 10.8. The lowest BCUT2D eigenvalue weighted by Crippen LogP contribution is -2.41. The Labute approximate surface area is 217 Å². The molecule has 3 aromatic rings. The summed E-state index contributed by atoms with van der Waals surface area (Å²) in [5.41, 5.74) is 3.01. The van der Waals surface area contributed by atoms with Crippen molar-refractivity contribution < 1.29 is 14.0 Å². The van der Waals surface area contributed by atoms with Crippen molar-refractivity contribution in [2.75, 3.05) is 7.11 Å². The van der Waals surface area contributed by atoms with Gasteiger partial charge in [-0.2, -0.15) is 0 Å². The van der Waals surface area contributed by atoms with Crippen LogP contribution in [0.25, 0.3) is 0 Å². The van der Waals surface area contributed by atoms with Gasteiger partial charge >= 0.3 is 7.12 Å². The second-order valence-corrected chi connectivity index (χ2v) is 10.8. The molecular formula is C31H40BNO3. The maximum Gasteiger partial charge on any atom is 0.463 e. The molecule has 1 saturated heterocycles. The van der Waals surface area contributed by atoms with Crippen molar-refractivity contribution in [3.05, 3.63) is 102 Å². The van der Waals surface area contributed by atoms with E-state index in [-0.39, 0.29) is 30.2 Å². The Hall–Kier alpha value is -2.60. The predicted molar refractivity (Wildman–Crippen MR) is 148 cm³/mol. The van der Waals surface area contributed by atoms with Crippen LogP contribution in [0.15, 0.2) is 84.9 Å². The van der Waals surface area contributed by atoms with Gasteiger partial charge in [-0.3, -0.25) is 4.90 Å². The Morgan fingerprint density at radius 2 is 1.31 bits per heavy atom. The average Bonchev–Trinajstić information content (AvgIpc) is 3.09. The first-order valence-corrected chi connectivity index (χ1v) is 13.1. The van der Waals surface area contributed by atoms with Crippen LogP contribution in [-0.2, 0) is 22.4 Å². The average molecular weight is 485 g/mol. The Morgan fingerprint density at radius 3 is 1.78 bits per heavy atom. The van der Waals surface area contributed by atoms with Gasteiger partial charge in [0.05, 0.1) is 18.3 Å². The predicted octanol–water partition coefficient (Wildman–Crippen LogP) is 7.31. The van der Waals surface area contributed by atoms with Crippen LogP contribution in [0.2, 0.25) is 5.82 Å². The molecule has 0 saturated carbocycles. The number of nitrogens with zero attached hydrogens (tertiary/aromatic N) is 1. The van der Waals surface area contributed by atoms with E-state index < -0.39 is 0 Å². The zero-order valence-corrected chi connectivity index (χ0v) is 22.6. The smallest absolute Gasteiger partial charge is 0.463 e. The maximum atomic E-state index is 6.65. The first-order chi connectivity index (χ1) is 17.2. The zero-order chi connectivity index (χ0) is 25.8. The zero-order valence-electron chi connectivity index (χ0n) is 22.6. The maximum absolute atomic E-state index is 6.65. The first kappa shape index (κ1) is 26.5. The number of hydrogen-bond acceptors (Lipinski definition) is 4. The molecule has 1 heterocycles. The van der Waals surface area contributed by atoms with Crippen LogP contribution in [0.3, 0.4) is 0 Å². The second kappa shape index (κ2) is 11.2. The van der Waals surface area contributed by atoms with E-state index in [4.69, 9.17) is 14.0 Å².